The Bertz CT molecular complexity index is 689. The van der Waals surface area contributed by atoms with Crippen molar-refractivity contribution in [2.24, 2.45) is 5.41 Å². The van der Waals surface area contributed by atoms with E-state index in [1.54, 1.807) is 13.1 Å². The van der Waals surface area contributed by atoms with Crippen LogP contribution >= 0.6 is 15.9 Å². The molecule has 0 aliphatic carbocycles. The number of hydrogen-bond donors (Lipinski definition) is 1. The number of anilines is 1. The Balaban J connectivity index is 2.04. The Labute approximate surface area is 125 Å². The first kappa shape index (κ1) is 13.4. The SMILES string of the molecule is CC1(C(=O)O)CCN(c2nccc3c(Br)cccc23)C1. The monoisotopic (exact) mass is 334 g/mol. The molecule has 1 aromatic carbocycles. The second-order valence-electron chi connectivity index (χ2n) is 5.51. The lowest BCUT2D eigenvalue weighted by Crippen LogP contribution is -2.32. The molecular formula is C15H15BrN2O2. The van der Waals surface area contributed by atoms with Crippen molar-refractivity contribution in [1.29, 1.82) is 0 Å². The molecule has 0 spiro atoms. The van der Waals surface area contributed by atoms with Gasteiger partial charge in [0.2, 0.25) is 0 Å². The van der Waals surface area contributed by atoms with E-state index in [-0.39, 0.29) is 0 Å². The van der Waals surface area contributed by atoms with Gasteiger partial charge in [0.1, 0.15) is 5.82 Å². The zero-order valence-corrected chi connectivity index (χ0v) is 12.7. The minimum atomic E-state index is -0.735. The molecular weight excluding hydrogens is 320 g/mol. The van der Waals surface area contributed by atoms with E-state index in [4.69, 9.17) is 0 Å². The zero-order valence-electron chi connectivity index (χ0n) is 11.1. The van der Waals surface area contributed by atoms with Crippen molar-refractivity contribution < 1.29 is 9.90 Å². The summed E-state index contributed by atoms with van der Waals surface area (Å²) in [5, 5.41) is 11.5. The normalized spacial score (nSPS) is 22.4. The lowest BCUT2D eigenvalue weighted by molar-refractivity contribution is -0.146. The summed E-state index contributed by atoms with van der Waals surface area (Å²) in [7, 11) is 0. The molecule has 0 bridgehead atoms. The number of rotatable bonds is 2. The smallest absolute Gasteiger partial charge is 0.311 e. The van der Waals surface area contributed by atoms with Crippen LogP contribution in [0.3, 0.4) is 0 Å². The average Bonchev–Trinajstić information content (AvgIpc) is 2.83. The van der Waals surface area contributed by atoms with Gasteiger partial charge in [0, 0.05) is 34.5 Å². The van der Waals surface area contributed by atoms with Crippen LogP contribution in [0.15, 0.2) is 34.9 Å². The van der Waals surface area contributed by atoms with Crippen LogP contribution in [0.2, 0.25) is 0 Å². The molecule has 104 valence electrons. The Morgan fingerprint density at radius 2 is 2.20 bits per heavy atom. The Hall–Kier alpha value is -1.62. The molecule has 1 aliphatic heterocycles. The number of pyridine rings is 1. The van der Waals surface area contributed by atoms with Crippen LogP contribution in [0, 0.1) is 5.41 Å². The Morgan fingerprint density at radius 1 is 1.40 bits per heavy atom. The lowest BCUT2D eigenvalue weighted by atomic mass is 9.90. The fraction of sp³-hybridized carbons (Fsp3) is 0.333. The van der Waals surface area contributed by atoms with Gasteiger partial charge in [-0.2, -0.15) is 0 Å². The van der Waals surface area contributed by atoms with Crippen LogP contribution in [0.5, 0.6) is 0 Å². The maximum atomic E-state index is 11.4. The predicted molar refractivity (Wildman–Crippen MR) is 82.0 cm³/mol. The molecule has 1 aromatic heterocycles. The summed E-state index contributed by atoms with van der Waals surface area (Å²) in [6.45, 7) is 3.03. The average molecular weight is 335 g/mol. The second-order valence-corrected chi connectivity index (χ2v) is 6.36. The number of aliphatic carboxylic acids is 1. The molecule has 1 saturated heterocycles. The van der Waals surface area contributed by atoms with Crippen LogP contribution in [-0.2, 0) is 4.79 Å². The highest BCUT2D eigenvalue weighted by Crippen LogP contribution is 2.36. The molecule has 1 N–H and O–H groups in total. The summed E-state index contributed by atoms with van der Waals surface area (Å²) in [5.41, 5.74) is -0.685. The molecule has 2 heterocycles. The predicted octanol–water partition coefficient (Wildman–Crippen LogP) is 3.30. The van der Waals surface area contributed by atoms with Crippen LogP contribution in [0.25, 0.3) is 10.8 Å². The molecule has 2 aromatic rings. The summed E-state index contributed by atoms with van der Waals surface area (Å²) in [6.07, 6.45) is 2.42. The van der Waals surface area contributed by atoms with Crippen molar-refractivity contribution in [3.05, 3.63) is 34.9 Å². The van der Waals surface area contributed by atoms with E-state index in [1.165, 1.54) is 0 Å². The number of carboxylic acids is 1. The van der Waals surface area contributed by atoms with Gasteiger partial charge in [0.05, 0.1) is 5.41 Å². The molecule has 5 heteroatoms. The molecule has 1 atom stereocenters. The van der Waals surface area contributed by atoms with Gasteiger partial charge in [0.15, 0.2) is 0 Å². The van der Waals surface area contributed by atoms with Crippen molar-refractivity contribution in [3.63, 3.8) is 0 Å². The van der Waals surface area contributed by atoms with E-state index in [0.29, 0.717) is 13.0 Å². The molecule has 4 nitrogen and oxygen atoms in total. The highest BCUT2D eigenvalue weighted by atomic mass is 79.9. The number of benzene rings is 1. The van der Waals surface area contributed by atoms with Crippen LogP contribution in [0.4, 0.5) is 5.82 Å². The number of carboxylic acid groups (broad SMARTS) is 1. The Morgan fingerprint density at radius 3 is 2.90 bits per heavy atom. The van der Waals surface area contributed by atoms with E-state index in [1.807, 2.05) is 24.3 Å². The van der Waals surface area contributed by atoms with Gasteiger partial charge < -0.3 is 10.0 Å². The second kappa shape index (κ2) is 4.74. The topological polar surface area (TPSA) is 53.4 Å². The number of aromatic nitrogens is 1. The number of hydrogen-bond acceptors (Lipinski definition) is 3. The van der Waals surface area contributed by atoms with Crippen LogP contribution in [-0.4, -0.2) is 29.1 Å². The zero-order chi connectivity index (χ0) is 14.3. The van der Waals surface area contributed by atoms with Crippen molar-refractivity contribution in [2.75, 3.05) is 18.0 Å². The van der Waals surface area contributed by atoms with E-state index in [2.05, 4.69) is 25.8 Å². The summed E-state index contributed by atoms with van der Waals surface area (Å²) >= 11 is 3.54. The van der Waals surface area contributed by atoms with Crippen molar-refractivity contribution in [1.82, 2.24) is 4.98 Å². The number of carbonyl (C=O) groups is 1. The highest BCUT2D eigenvalue weighted by molar-refractivity contribution is 9.10. The largest absolute Gasteiger partial charge is 0.481 e. The molecule has 0 saturated carbocycles. The van der Waals surface area contributed by atoms with E-state index < -0.39 is 11.4 Å². The van der Waals surface area contributed by atoms with Crippen LogP contribution < -0.4 is 4.90 Å². The van der Waals surface area contributed by atoms with Gasteiger partial charge >= 0.3 is 5.97 Å². The third-order valence-electron chi connectivity index (χ3n) is 4.02. The quantitative estimate of drug-likeness (QED) is 0.915. The van der Waals surface area contributed by atoms with Gasteiger partial charge in [-0.1, -0.05) is 28.1 Å². The first-order valence-corrected chi connectivity index (χ1v) is 7.32. The number of fused-ring (bicyclic) bond motifs is 1. The van der Waals surface area contributed by atoms with Gasteiger partial charge in [-0.25, -0.2) is 4.98 Å². The van der Waals surface area contributed by atoms with Gasteiger partial charge in [-0.05, 0) is 25.5 Å². The molecule has 0 amide bonds. The summed E-state index contributed by atoms with van der Waals surface area (Å²) < 4.78 is 1.03. The van der Waals surface area contributed by atoms with Gasteiger partial charge in [-0.15, -0.1) is 0 Å². The number of halogens is 1. The van der Waals surface area contributed by atoms with Crippen molar-refractivity contribution in [2.45, 2.75) is 13.3 Å². The molecule has 3 rings (SSSR count). The Kier molecular flexibility index (Phi) is 3.17. The van der Waals surface area contributed by atoms with Crippen LogP contribution in [0.1, 0.15) is 13.3 Å². The van der Waals surface area contributed by atoms with Gasteiger partial charge in [-0.3, -0.25) is 4.79 Å². The van der Waals surface area contributed by atoms with Crippen molar-refractivity contribution >= 4 is 38.5 Å². The fourth-order valence-electron chi connectivity index (χ4n) is 2.72. The number of nitrogens with zero attached hydrogens (tertiary/aromatic N) is 2. The molecule has 1 fully saturated rings. The fourth-order valence-corrected chi connectivity index (χ4v) is 3.22. The van der Waals surface area contributed by atoms with Crippen molar-refractivity contribution in [3.8, 4) is 0 Å². The molecule has 20 heavy (non-hydrogen) atoms. The minimum absolute atomic E-state index is 0.501. The maximum Gasteiger partial charge on any atom is 0.311 e. The first-order valence-electron chi connectivity index (χ1n) is 6.53. The van der Waals surface area contributed by atoms with E-state index in [9.17, 15) is 9.90 Å². The highest BCUT2D eigenvalue weighted by Gasteiger charge is 2.41. The van der Waals surface area contributed by atoms with Gasteiger partial charge in [0.25, 0.3) is 0 Å². The molecule has 1 unspecified atom stereocenters. The van der Waals surface area contributed by atoms with E-state index >= 15 is 0 Å². The summed E-state index contributed by atoms with van der Waals surface area (Å²) in [5.74, 6) is 0.134. The minimum Gasteiger partial charge on any atom is -0.481 e. The first-order chi connectivity index (χ1) is 9.51. The maximum absolute atomic E-state index is 11.4. The summed E-state index contributed by atoms with van der Waals surface area (Å²) in [4.78, 5) is 17.9. The molecule has 0 radical (unpaired) electrons. The molecule has 1 aliphatic rings. The third-order valence-corrected chi connectivity index (χ3v) is 4.71. The van der Waals surface area contributed by atoms with E-state index in [0.717, 1.165) is 27.6 Å². The standard InChI is InChI=1S/C15H15BrN2O2/c1-15(14(19)20)6-8-18(9-15)13-11-3-2-4-12(16)10(11)5-7-17-13/h2-5,7H,6,8-9H2,1H3,(H,19,20). The third kappa shape index (κ3) is 2.06. The summed E-state index contributed by atoms with van der Waals surface area (Å²) in [6, 6.07) is 7.97. The lowest BCUT2D eigenvalue weighted by Gasteiger charge is -2.22.